The number of ether oxygens (including phenoxy) is 2. The molecule has 0 atom stereocenters. The van der Waals surface area contributed by atoms with Gasteiger partial charge in [0.15, 0.2) is 0 Å². The van der Waals surface area contributed by atoms with Gasteiger partial charge >= 0.3 is 11.9 Å². The van der Waals surface area contributed by atoms with Crippen LogP contribution in [0.1, 0.15) is 61.3 Å². The lowest BCUT2D eigenvalue weighted by atomic mass is 10.1. The Morgan fingerprint density at radius 1 is 0.676 bits per heavy atom. The van der Waals surface area contributed by atoms with Crippen LogP contribution in [0.4, 0.5) is 0 Å². The van der Waals surface area contributed by atoms with Crippen LogP contribution in [-0.4, -0.2) is 74.2 Å². The topological polar surface area (TPSA) is 72.2 Å². The Kier molecular flexibility index (Phi) is 14.6. The van der Waals surface area contributed by atoms with Gasteiger partial charge in [-0.25, -0.2) is 9.59 Å². The Balaban J connectivity index is 0.00000342. The molecule has 0 aliphatic carbocycles. The van der Waals surface area contributed by atoms with Gasteiger partial charge in [-0.15, -0.1) is 24.8 Å². The van der Waals surface area contributed by atoms with Gasteiger partial charge in [-0.1, -0.05) is 27.7 Å². The fourth-order valence-electron chi connectivity index (χ4n) is 4.18. The average molecular weight is 556 g/mol. The van der Waals surface area contributed by atoms with Crippen molar-refractivity contribution in [1.82, 2.24) is 9.80 Å². The van der Waals surface area contributed by atoms with Gasteiger partial charge in [-0.2, -0.15) is 0 Å². The van der Waals surface area contributed by atoms with Crippen molar-refractivity contribution in [1.29, 1.82) is 0 Å². The van der Waals surface area contributed by atoms with Crippen LogP contribution < -0.4 is 0 Å². The molecule has 0 fully saturated rings. The second-order valence-electron chi connectivity index (χ2n) is 8.56. The molecule has 0 amide bonds. The molecule has 37 heavy (non-hydrogen) atoms. The molecule has 1 aromatic heterocycles. The van der Waals surface area contributed by atoms with Crippen molar-refractivity contribution in [3.05, 3.63) is 47.5 Å². The van der Waals surface area contributed by atoms with Gasteiger partial charge in [-0.05, 0) is 75.4 Å². The average Bonchev–Trinajstić information content (AvgIpc) is 3.25. The smallest absolute Gasteiger partial charge is 0.338 e. The summed E-state index contributed by atoms with van der Waals surface area (Å²) in [6.45, 7) is 15.0. The highest BCUT2D eigenvalue weighted by Gasteiger charge is 2.15. The molecule has 0 unspecified atom stereocenters. The fourth-order valence-corrected chi connectivity index (χ4v) is 4.18. The predicted octanol–water partition coefficient (Wildman–Crippen LogP) is 6.21. The van der Waals surface area contributed by atoms with E-state index in [9.17, 15) is 9.59 Å². The molecule has 3 aromatic rings. The zero-order valence-electron chi connectivity index (χ0n) is 22.3. The maximum atomic E-state index is 12.6. The van der Waals surface area contributed by atoms with E-state index in [1.54, 1.807) is 36.4 Å². The third-order valence-corrected chi connectivity index (χ3v) is 6.43. The summed E-state index contributed by atoms with van der Waals surface area (Å²) in [4.78, 5) is 29.8. The SMILES string of the molecule is CCN(CC)CCCOC(=O)c1ccc2oc3ccc(C(=O)OCCCN(CC)CC)cc3c2c1.Cl.Cl. The maximum absolute atomic E-state index is 12.6. The van der Waals surface area contributed by atoms with Gasteiger partial charge in [-0.3, -0.25) is 0 Å². The molecule has 2 aromatic carbocycles. The normalized spacial score (nSPS) is 11.0. The van der Waals surface area contributed by atoms with Crippen LogP contribution >= 0.6 is 24.8 Å². The number of benzene rings is 2. The second kappa shape index (κ2) is 16.5. The van der Waals surface area contributed by atoms with Crippen LogP contribution in [0.25, 0.3) is 21.9 Å². The van der Waals surface area contributed by atoms with Gasteiger partial charge < -0.3 is 23.7 Å². The Labute approximate surface area is 232 Å². The summed E-state index contributed by atoms with van der Waals surface area (Å²) in [6, 6.07) is 10.5. The minimum absolute atomic E-state index is 0. The number of esters is 2. The van der Waals surface area contributed by atoms with E-state index in [0.717, 1.165) is 62.9 Å². The molecule has 0 saturated carbocycles. The molecule has 0 saturated heterocycles. The molecule has 1 heterocycles. The lowest BCUT2D eigenvalue weighted by Crippen LogP contribution is -2.25. The van der Waals surface area contributed by atoms with Crippen LogP contribution in [0.5, 0.6) is 0 Å². The molecule has 206 valence electrons. The van der Waals surface area contributed by atoms with E-state index in [0.29, 0.717) is 35.5 Å². The highest BCUT2D eigenvalue weighted by molar-refractivity contribution is 6.09. The van der Waals surface area contributed by atoms with Crippen LogP contribution in [0, 0.1) is 0 Å². The molecule has 0 bridgehead atoms. The first-order chi connectivity index (χ1) is 17.0. The van der Waals surface area contributed by atoms with Gasteiger partial charge in [0, 0.05) is 23.9 Å². The molecular formula is C28H40Cl2N2O5. The minimum atomic E-state index is -0.357. The Hall–Kier alpha value is -2.32. The van der Waals surface area contributed by atoms with Gasteiger partial charge in [0.05, 0.1) is 24.3 Å². The summed E-state index contributed by atoms with van der Waals surface area (Å²) in [5, 5.41) is 1.54. The van der Waals surface area contributed by atoms with Crippen molar-refractivity contribution < 1.29 is 23.5 Å². The van der Waals surface area contributed by atoms with E-state index in [1.807, 2.05) is 0 Å². The molecule has 0 N–H and O–H groups in total. The first-order valence-electron chi connectivity index (χ1n) is 12.8. The monoisotopic (exact) mass is 554 g/mol. The molecule has 0 aliphatic rings. The van der Waals surface area contributed by atoms with E-state index in [2.05, 4.69) is 37.5 Å². The van der Waals surface area contributed by atoms with Crippen molar-refractivity contribution in [2.45, 2.75) is 40.5 Å². The molecule has 9 heteroatoms. The van der Waals surface area contributed by atoms with Crippen molar-refractivity contribution in [3.8, 4) is 0 Å². The van der Waals surface area contributed by atoms with E-state index >= 15 is 0 Å². The first-order valence-corrected chi connectivity index (χ1v) is 12.8. The molecule has 0 spiro atoms. The zero-order valence-corrected chi connectivity index (χ0v) is 23.9. The number of nitrogens with zero attached hydrogens (tertiary/aromatic N) is 2. The predicted molar refractivity (Wildman–Crippen MR) is 154 cm³/mol. The largest absolute Gasteiger partial charge is 0.462 e. The van der Waals surface area contributed by atoms with Crippen molar-refractivity contribution in [2.24, 2.45) is 0 Å². The van der Waals surface area contributed by atoms with Crippen molar-refractivity contribution in [3.63, 3.8) is 0 Å². The summed E-state index contributed by atoms with van der Waals surface area (Å²) >= 11 is 0. The summed E-state index contributed by atoms with van der Waals surface area (Å²) in [7, 11) is 0. The standard InChI is InChI=1S/C28H38N2O5.2ClH/c1-5-29(6-2)15-9-17-33-27(31)21-11-13-25-23(19-21)24-20-22(12-14-26(24)35-25)28(32)34-18-10-16-30(7-3)8-4;;/h11-14,19-20H,5-10,15-18H2,1-4H3;2*1H. The summed E-state index contributed by atoms with van der Waals surface area (Å²) in [5.74, 6) is -0.714. The van der Waals surface area contributed by atoms with E-state index in [4.69, 9.17) is 13.9 Å². The number of rotatable bonds is 14. The van der Waals surface area contributed by atoms with Gasteiger partial charge in [0.25, 0.3) is 0 Å². The quantitative estimate of drug-likeness (QED) is 0.173. The number of hydrogen-bond acceptors (Lipinski definition) is 7. The maximum Gasteiger partial charge on any atom is 0.338 e. The molecular weight excluding hydrogens is 515 g/mol. The number of halogens is 2. The number of furan rings is 1. The van der Waals surface area contributed by atoms with Crippen molar-refractivity contribution in [2.75, 3.05) is 52.5 Å². The summed E-state index contributed by atoms with van der Waals surface area (Å²) in [6.07, 6.45) is 1.59. The molecule has 0 aliphatic heterocycles. The number of hydrogen-bond donors (Lipinski definition) is 0. The third kappa shape index (κ3) is 8.88. The van der Waals surface area contributed by atoms with Gasteiger partial charge in [0.1, 0.15) is 11.2 Å². The lowest BCUT2D eigenvalue weighted by molar-refractivity contribution is 0.0480. The highest BCUT2D eigenvalue weighted by atomic mass is 35.5. The number of carbonyl (C=O) groups is 2. The molecule has 0 radical (unpaired) electrons. The van der Waals surface area contributed by atoms with Crippen LogP contribution in [-0.2, 0) is 9.47 Å². The number of carbonyl (C=O) groups excluding carboxylic acids is 2. The first kappa shape index (κ1) is 32.7. The molecule has 3 rings (SSSR count). The second-order valence-corrected chi connectivity index (χ2v) is 8.56. The summed E-state index contributed by atoms with van der Waals surface area (Å²) < 4.78 is 16.9. The van der Waals surface area contributed by atoms with Crippen LogP contribution in [0.15, 0.2) is 40.8 Å². The van der Waals surface area contributed by atoms with E-state index < -0.39 is 0 Å². The van der Waals surface area contributed by atoms with Crippen LogP contribution in [0.2, 0.25) is 0 Å². The number of fused-ring (bicyclic) bond motifs is 3. The minimum Gasteiger partial charge on any atom is -0.462 e. The highest BCUT2D eigenvalue weighted by Crippen LogP contribution is 2.30. The summed E-state index contributed by atoms with van der Waals surface area (Å²) in [5.41, 5.74) is 2.24. The van der Waals surface area contributed by atoms with Crippen molar-refractivity contribution >= 4 is 58.7 Å². The Morgan fingerprint density at radius 3 is 1.41 bits per heavy atom. The fraction of sp³-hybridized carbons (Fsp3) is 0.500. The van der Waals surface area contributed by atoms with Gasteiger partial charge in [0.2, 0.25) is 0 Å². The Bertz CT molecular complexity index is 1040. The van der Waals surface area contributed by atoms with Crippen LogP contribution in [0.3, 0.4) is 0 Å². The Morgan fingerprint density at radius 2 is 1.05 bits per heavy atom. The van der Waals surface area contributed by atoms with E-state index in [1.165, 1.54) is 0 Å². The van der Waals surface area contributed by atoms with E-state index in [-0.39, 0.29) is 36.8 Å². The third-order valence-electron chi connectivity index (χ3n) is 6.43. The molecule has 7 nitrogen and oxygen atoms in total. The zero-order chi connectivity index (χ0) is 25.2. The lowest BCUT2D eigenvalue weighted by Gasteiger charge is -2.17.